The number of methoxy groups -OCH3 is 2. The van der Waals surface area contributed by atoms with Crippen molar-refractivity contribution in [1.82, 2.24) is 0 Å². The molecule has 1 aromatic rings. The van der Waals surface area contributed by atoms with Gasteiger partial charge in [0.25, 0.3) is 0 Å². The van der Waals surface area contributed by atoms with Gasteiger partial charge in [-0.2, -0.15) is 0 Å². The summed E-state index contributed by atoms with van der Waals surface area (Å²) in [4.78, 5) is 0. The van der Waals surface area contributed by atoms with E-state index in [-0.39, 0.29) is 0 Å². The minimum Gasteiger partial charge on any atom is -0.497 e. The summed E-state index contributed by atoms with van der Waals surface area (Å²) >= 11 is 0. The van der Waals surface area contributed by atoms with Crippen molar-refractivity contribution in [1.29, 1.82) is 0 Å². The van der Waals surface area contributed by atoms with E-state index in [9.17, 15) is 0 Å². The normalized spacial score (nSPS) is 36.8. The molecule has 0 atom stereocenters. The monoisotopic (exact) mass is 286 g/mol. The number of hydrogen-bond donors (Lipinski definition) is 0. The van der Waals surface area contributed by atoms with Crippen molar-refractivity contribution in [3.63, 3.8) is 0 Å². The molecule has 114 valence electrons. The second-order valence-corrected chi connectivity index (χ2v) is 7.82. The smallest absolute Gasteiger partial charge is 0.122 e. The van der Waals surface area contributed by atoms with Gasteiger partial charge in [-0.25, -0.2) is 0 Å². The maximum atomic E-state index is 5.44. The maximum Gasteiger partial charge on any atom is 0.122 e. The fourth-order valence-corrected chi connectivity index (χ4v) is 5.91. The molecule has 1 aromatic carbocycles. The van der Waals surface area contributed by atoms with Crippen LogP contribution >= 0.6 is 0 Å². The molecular formula is C19H26O2. The Morgan fingerprint density at radius 1 is 0.857 bits per heavy atom. The van der Waals surface area contributed by atoms with Crippen LogP contribution in [0.5, 0.6) is 11.5 Å². The van der Waals surface area contributed by atoms with Crippen molar-refractivity contribution in [2.45, 2.75) is 44.9 Å². The third kappa shape index (κ3) is 2.43. The van der Waals surface area contributed by atoms with Crippen LogP contribution in [0.4, 0.5) is 0 Å². The van der Waals surface area contributed by atoms with E-state index >= 15 is 0 Å². The summed E-state index contributed by atoms with van der Waals surface area (Å²) in [5, 5.41) is 0. The molecule has 0 radical (unpaired) electrons. The van der Waals surface area contributed by atoms with Gasteiger partial charge < -0.3 is 9.47 Å². The zero-order chi connectivity index (χ0) is 14.4. The van der Waals surface area contributed by atoms with Crippen molar-refractivity contribution in [2.75, 3.05) is 14.2 Å². The van der Waals surface area contributed by atoms with E-state index in [1.165, 1.54) is 50.5 Å². The standard InChI is InChI=1S/C19H26O2/c1-20-17-6-16(7-18(8-17)21-2)12-19-9-13-3-14(10-19)5-15(4-13)11-19/h6-8,13-15H,3-5,9-12H2,1-2H3. The Morgan fingerprint density at radius 2 is 1.33 bits per heavy atom. The van der Waals surface area contributed by atoms with E-state index in [1.54, 1.807) is 14.2 Å². The summed E-state index contributed by atoms with van der Waals surface area (Å²) < 4.78 is 10.9. The van der Waals surface area contributed by atoms with E-state index in [0.29, 0.717) is 5.41 Å². The average Bonchev–Trinajstić information content (AvgIpc) is 2.44. The summed E-state index contributed by atoms with van der Waals surface area (Å²) in [7, 11) is 3.48. The number of hydrogen-bond acceptors (Lipinski definition) is 2. The molecule has 0 amide bonds. The van der Waals surface area contributed by atoms with E-state index in [1.807, 2.05) is 6.07 Å². The number of benzene rings is 1. The summed E-state index contributed by atoms with van der Waals surface area (Å²) in [5.41, 5.74) is 1.97. The SMILES string of the molecule is COc1cc(CC23CC4CC(CC(C4)C2)C3)cc(OC)c1. The summed E-state index contributed by atoms with van der Waals surface area (Å²) in [6, 6.07) is 6.39. The van der Waals surface area contributed by atoms with Crippen LogP contribution in [0.25, 0.3) is 0 Å². The number of ether oxygens (including phenoxy) is 2. The molecule has 0 unspecified atom stereocenters. The topological polar surface area (TPSA) is 18.5 Å². The fourth-order valence-electron chi connectivity index (χ4n) is 5.91. The molecule has 4 aliphatic carbocycles. The lowest BCUT2D eigenvalue weighted by atomic mass is 9.48. The highest BCUT2D eigenvalue weighted by molar-refractivity contribution is 5.39. The van der Waals surface area contributed by atoms with Crippen LogP contribution in [0.3, 0.4) is 0 Å². The van der Waals surface area contributed by atoms with E-state index in [4.69, 9.17) is 9.47 Å². The highest BCUT2D eigenvalue weighted by Crippen LogP contribution is 2.61. The van der Waals surface area contributed by atoms with Crippen LogP contribution in [-0.2, 0) is 6.42 Å². The van der Waals surface area contributed by atoms with Gasteiger partial charge in [0.05, 0.1) is 14.2 Å². The highest BCUT2D eigenvalue weighted by atomic mass is 16.5. The first kappa shape index (κ1) is 13.5. The van der Waals surface area contributed by atoms with Crippen molar-refractivity contribution >= 4 is 0 Å². The van der Waals surface area contributed by atoms with Crippen LogP contribution in [0.15, 0.2) is 18.2 Å². The molecule has 0 aromatic heterocycles. The van der Waals surface area contributed by atoms with Gasteiger partial charge in [0.1, 0.15) is 11.5 Å². The van der Waals surface area contributed by atoms with Crippen LogP contribution < -0.4 is 9.47 Å². The van der Waals surface area contributed by atoms with Gasteiger partial charge in [-0.15, -0.1) is 0 Å². The van der Waals surface area contributed by atoms with Gasteiger partial charge in [0.2, 0.25) is 0 Å². The van der Waals surface area contributed by atoms with Crippen molar-refractivity contribution in [3.8, 4) is 11.5 Å². The van der Waals surface area contributed by atoms with Crippen molar-refractivity contribution < 1.29 is 9.47 Å². The van der Waals surface area contributed by atoms with Crippen molar-refractivity contribution in [3.05, 3.63) is 23.8 Å². The average molecular weight is 286 g/mol. The molecule has 4 saturated carbocycles. The largest absolute Gasteiger partial charge is 0.497 e. The molecule has 0 aliphatic heterocycles. The maximum absolute atomic E-state index is 5.44. The number of rotatable bonds is 4. The predicted molar refractivity (Wildman–Crippen MR) is 83.9 cm³/mol. The van der Waals surface area contributed by atoms with Crippen LogP contribution in [0.1, 0.15) is 44.1 Å². The molecule has 4 fully saturated rings. The van der Waals surface area contributed by atoms with Crippen LogP contribution in [-0.4, -0.2) is 14.2 Å². The highest BCUT2D eigenvalue weighted by Gasteiger charge is 2.50. The van der Waals surface area contributed by atoms with Crippen LogP contribution in [0.2, 0.25) is 0 Å². The second kappa shape index (κ2) is 4.93. The lowest BCUT2D eigenvalue weighted by Crippen LogP contribution is -2.47. The molecule has 21 heavy (non-hydrogen) atoms. The van der Waals surface area contributed by atoms with Gasteiger partial charge >= 0.3 is 0 Å². The van der Waals surface area contributed by atoms with Gasteiger partial charge in [0, 0.05) is 6.07 Å². The third-order valence-electron chi connectivity index (χ3n) is 6.16. The lowest BCUT2D eigenvalue weighted by Gasteiger charge is -2.57. The molecule has 0 heterocycles. The zero-order valence-corrected chi connectivity index (χ0v) is 13.2. The van der Waals surface area contributed by atoms with E-state index in [2.05, 4.69) is 12.1 Å². The Kier molecular flexibility index (Phi) is 3.16. The minimum absolute atomic E-state index is 0.576. The van der Waals surface area contributed by atoms with Gasteiger partial charge in [-0.1, -0.05) is 0 Å². The Morgan fingerprint density at radius 3 is 1.76 bits per heavy atom. The first-order chi connectivity index (χ1) is 10.2. The fraction of sp³-hybridized carbons (Fsp3) is 0.684. The van der Waals surface area contributed by atoms with Crippen molar-refractivity contribution in [2.24, 2.45) is 23.2 Å². The zero-order valence-electron chi connectivity index (χ0n) is 13.2. The predicted octanol–water partition coefficient (Wildman–Crippen LogP) is 4.46. The van der Waals surface area contributed by atoms with Crippen LogP contribution in [0, 0.1) is 23.2 Å². The van der Waals surface area contributed by atoms with Gasteiger partial charge in [-0.05, 0) is 85.8 Å². The first-order valence-electron chi connectivity index (χ1n) is 8.40. The summed E-state index contributed by atoms with van der Waals surface area (Å²) in [5.74, 6) is 4.90. The second-order valence-electron chi connectivity index (χ2n) is 7.82. The minimum atomic E-state index is 0.576. The molecule has 0 spiro atoms. The Labute approximate surface area is 127 Å². The molecule has 4 bridgehead atoms. The Bertz CT molecular complexity index is 477. The lowest BCUT2D eigenvalue weighted by molar-refractivity contribution is -0.0522. The van der Waals surface area contributed by atoms with Gasteiger partial charge in [0.15, 0.2) is 0 Å². The molecule has 4 aliphatic rings. The Balaban J connectivity index is 1.61. The Hall–Kier alpha value is -1.18. The van der Waals surface area contributed by atoms with E-state index in [0.717, 1.165) is 29.3 Å². The quantitative estimate of drug-likeness (QED) is 0.813. The summed E-state index contributed by atoms with van der Waals surface area (Å²) in [6.07, 6.45) is 10.1. The molecule has 0 saturated heterocycles. The summed E-state index contributed by atoms with van der Waals surface area (Å²) in [6.45, 7) is 0. The molecular weight excluding hydrogens is 260 g/mol. The molecule has 2 heteroatoms. The molecule has 0 N–H and O–H groups in total. The molecule has 5 rings (SSSR count). The third-order valence-corrected chi connectivity index (χ3v) is 6.16. The van der Waals surface area contributed by atoms with E-state index < -0.39 is 0 Å². The first-order valence-corrected chi connectivity index (χ1v) is 8.40. The van der Waals surface area contributed by atoms with Gasteiger partial charge in [-0.3, -0.25) is 0 Å². The molecule has 2 nitrogen and oxygen atoms in total.